The van der Waals surface area contributed by atoms with Gasteiger partial charge in [0.2, 0.25) is 10.0 Å². The van der Waals surface area contributed by atoms with Crippen LogP contribution in [0.4, 0.5) is 11.4 Å². The summed E-state index contributed by atoms with van der Waals surface area (Å²) in [4.78, 5) is 12.6. The molecule has 6 heteroatoms. The Morgan fingerprint density at radius 1 is 1.15 bits per heavy atom. The molecule has 1 amide bonds. The molecule has 1 N–H and O–H groups in total. The first-order valence-corrected chi connectivity index (χ1v) is 10.4. The average Bonchev–Trinajstić information content (AvgIpc) is 2.89. The molecule has 0 aliphatic carbocycles. The molecule has 138 valence electrons. The average molecular weight is 372 g/mol. The third-order valence-electron chi connectivity index (χ3n) is 4.64. The van der Waals surface area contributed by atoms with E-state index in [9.17, 15) is 13.2 Å². The molecule has 26 heavy (non-hydrogen) atoms. The number of hydrogen-bond acceptors (Lipinski definition) is 3. The van der Waals surface area contributed by atoms with Gasteiger partial charge in [0.1, 0.15) is 0 Å². The number of anilines is 2. The van der Waals surface area contributed by atoms with Crippen molar-refractivity contribution < 1.29 is 13.2 Å². The van der Waals surface area contributed by atoms with E-state index in [1.165, 1.54) is 4.31 Å². The summed E-state index contributed by atoms with van der Waals surface area (Å²) in [7, 11) is -3.32. The summed E-state index contributed by atoms with van der Waals surface area (Å²) in [5, 5.41) is 2.92. The standard InChI is InChI=1S/C20H24N2O3S/c1-5-26(24,25)22-15(4)11-17-12-16(6-7-19(17)22)20(23)21-18-9-13(2)8-14(3)10-18/h6-10,12,15H,5,11H2,1-4H3,(H,21,23)/t15-/m0/s1. The summed E-state index contributed by atoms with van der Waals surface area (Å²) in [5.41, 5.74) is 5.04. The predicted octanol–water partition coefficient (Wildman–Crippen LogP) is 3.66. The van der Waals surface area contributed by atoms with Gasteiger partial charge in [-0.25, -0.2) is 8.42 Å². The Morgan fingerprint density at radius 3 is 2.42 bits per heavy atom. The van der Waals surface area contributed by atoms with Crippen LogP contribution in [-0.4, -0.2) is 26.1 Å². The lowest BCUT2D eigenvalue weighted by molar-refractivity contribution is 0.102. The number of sulfonamides is 1. The predicted molar refractivity (Wildman–Crippen MR) is 105 cm³/mol. The minimum absolute atomic E-state index is 0.0612. The molecule has 2 aromatic carbocycles. The van der Waals surface area contributed by atoms with Gasteiger partial charge in [-0.15, -0.1) is 0 Å². The van der Waals surface area contributed by atoms with Crippen molar-refractivity contribution in [3.05, 3.63) is 58.7 Å². The number of carbonyl (C=O) groups excluding carboxylic acids is 1. The molecule has 2 aromatic rings. The number of benzene rings is 2. The van der Waals surface area contributed by atoms with Crippen molar-refractivity contribution in [3.8, 4) is 0 Å². The van der Waals surface area contributed by atoms with E-state index < -0.39 is 10.0 Å². The van der Waals surface area contributed by atoms with Crippen molar-refractivity contribution in [2.24, 2.45) is 0 Å². The smallest absolute Gasteiger partial charge is 0.255 e. The number of hydrogen-bond donors (Lipinski definition) is 1. The van der Waals surface area contributed by atoms with E-state index >= 15 is 0 Å². The van der Waals surface area contributed by atoms with Gasteiger partial charge in [0, 0.05) is 17.3 Å². The molecular weight excluding hydrogens is 348 g/mol. The number of aryl methyl sites for hydroxylation is 2. The minimum atomic E-state index is -3.32. The van der Waals surface area contributed by atoms with Crippen LogP contribution in [0, 0.1) is 13.8 Å². The van der Waals surface area contributed by atoms with Crippen LogP contribution in [0.3, 0.4) is 0 Å². The van der Waals surface area contributed by atoms with Crippen LogP contribution in [0.25, 0.3) is 0 Å². The van der Waals surface area contributed by atoms with Gasteiger partial charge < -0.3 is 5.32 Å². The quantitative estimate of drug-likeness (QED) is 0.891. The molecule has 1 heterocycles. The van der Waals surface area contributed by atoms with Gasteiger partial charge >= 0.3 is 0 Å². The largest absolute Gasteiger partial charge is 0.322 e. The van der Waals surface area contributed by atoms with E-state index in [-0.39, 0.29) is 17.7 Å². The Bertz CT molecular complexity index is 947. The Labute approximate surface area is 155 Å². The second-order valence-electron chi connectivity index (χ2n) is 6.92. The van der Waals surface area contributed by atoms with E-state index in [1.807, 2.05) is 32.9 Å². The minimum Gasteiger partial charge on any atom is -0.322 e. The Morgan fingerprint density at radius 2 is 1.81 bits per heavy atom. The molecule has 0 aromatic heterocycles. The van der Waals surface area contributed by atoms with Gasteiger partial charge in [-0.1, -0.05) is 6.07 Å². The van der Waals surface area contributed by atoms with Crippen molar-refractivity contribution >= 4 is 27.3 Å². The first-order chi connectivity index (χ1) is 12.2. The van der Waals surface area contributed by atoms with Crippen LogP contribution in [-0.2, 0) is 16.4 Å². The van der Waals surface area contributed by atoms with Crippen LogP contribution in [0.15, 0.2) is 36.4 Å². The molecule has 0 fully saturated rings. The number of carbonyl (C=O) groups is 1. The molecule has 3 rings (SSSR count). The number of amides is 1. The summed E-state index contributed by atoms with van der Waals surface area (Å²) in [6.07, 6.45) is 0.610. The van der Waals surface area contributed by atoms with Crippen LogP contribution in [0.2, 0.25) is 0 Å². The van der Waals surface area contributed by atoms with Gasteiger partial charge in [0.15, 0.2) is 0 Å². The maximum atomic E-state index is 12.6. The second-order valence-corrected chi connectivity index (χ2v) is 9.06. The highest BCUT2D eigenvalue weighted by Gasteiger charge is 2.34. The molecule has 1 aliphatic heterocycles. The van der Waals surface area contributed by atoms with Crippen molar-refractivity contribution in [1.29, 1.82) is 0 Å². The molecule has 5 nitrogen and oxygen atoms in total. The lowest BCUT2D eigenvalue weighted by Gasteiger charge is -2.23. The Kier molecular flexibility index (Phi) is 4.80. The van der Waals surface area contributed by atoms with Crippen molar-refractivity contribution in [2.45, 2.75) is 40.2 Å². The molecule has 0 saturated carbocycles. The number of rotatable bonds is 4. The summed E-state index contributed by atoms with van der Waals surface area (Å²) < 4.78 is 26.2. The van der Waals surface area contributed by atoms with E-state index in [0.29, 0.717) is 17.7 Å². The molecule has 0 spiro atoms. The third kappa shape index (κ3) is 3.46. The van der Waals surface area contributed by atoms with E-state index in [4.69, 9.17) is 0 Å². The summed E-state index contributed by atoms with van der Waals surface area (Å²) in [5.74, 6) is -0.131. The fourth-order valence-electron chi connectivity index (χ4n) is 3.56. The lowest BCUT2D eigenvalue weighted by Crippen LogP contribution is -2.36. The van der Waals surface area contributed by atoms with Gasteiger partial charge in [0.05, 0.1) is 11.4 Å². The maximum absolute atomic E-state index is 12.6. The maximum Gasteiger partial charge on any atom is 0.255 e. The fraction of sp³-hybridized carbons (Fsp3) is 0.350. The zero-order valence-electron chi connectivity index (χ0n) is 15.5. The van der Waals surface area contributed by atoms with Crippen LogP contribution in [0.5, 0.6) is 0 Å². The monoisotopic (exact) mass is 372 g/mol. The van der Waals surface area contributed by atoms with Gasteiger partial charge in [-0.3, -0.25) is 9.10 Å². The van der Waals surface area contributed by atoms with Crippen molar-refractivity contribution in [1.82, 2.24) is 0 Å². The highest BCUT2D eigenvalue weighted by Crippen LogP contribution is 2.35. The van der Waals surface area contributed by atoms with E-state index in [0.717, 1.165) is 22.4 Å². The van der Waals surface area contributed by atoms with Crippen molar-refractivity contribution in [2.75, 3.05) is 15.4 Å². The van der Waals surface area contributed by atoms with Crippen LogP contribution in [0.1, 0.15) is 40.9 Å². The SMILES string of the molecule is CCS(=O)(=O)N1c2ccc(C(=O)Nc3cc(C)cc(C)c3)cc2C[C@@H]1C. The third-order valence-corrected chi connectivity index (χ3v) is 6.52. The summed E-state index contributed by atoms with van der Waals surface area (Å²) in [6, 6.07) is 11.0. The van der Waals surface area contributed by atoms with Gasteiger partial charge in [-0.2, -0.15) is 0 Å². The zero-order chi connectivity index (χ0) is 19.1. The number of fused-ring (bicyclic) bond motifs is 1. The first kappa shape index (κ1) is 18.5. The zero-order valence-corrected chi connectivity index (χ0v) is 16.4. The highest BCUT2D eigenvalue weighted by molar-refractivity contribution is 7.92. The molecule has 0 unspecified atom stereocenters. The first-order valence-electron chi connectivity index (χ1n) is 8.76. The van der Waals surface area contributed by atoms with Gasteiger partial charge in [-0.05, 0) is 81.1 Å². The summed E-state index contributed by atoms with van der Waals surface area (Å²) in [6.45, 7) is 7.51. The number of nitrogens with one attached hydrogen (secondary N) is 1. The lowest BCUT2D eigenvalue weighted by atomic mass is 10.1. The Hall–Kier alpha value is -2.34. The molecule has 1 aliphatic rings. The van der Waals surface area contributed by atoms with E-state index in [1.54, 1.807) is 25.1 Å². The van der Waals surface area contributed by atoms with Gasteiger partial charge in [0.25, 0.3) is 5.91 Å². The van der Waals surface area contributed by atoms with Crippen LogP contribution >= 0.6 is 0 Å². The molecule has 1 atom stereocenters. The molecule has 0 saturated heterocycles. The fourth-order valence-corrected chi connectivity index (χ4v) is 4.94. The van der Waals surface area contributed by atoms with E-state index in [2.05, 4.69) is 11.4 Å². The molecular formula is C20H24N2O3S. The highest BCUT2D eigenvalue weighted by atomic mass is 32.2. The Balaban J connectivity index is 1.88. The molecule has 0 radical (unpaired) electrons. The topological polar surface area (TPSA) is 66.5 Å². The normalized spacial score (nSPS) is 16.5. The summed E-state index contributed by atoms with van der Waals surface area (Å²) >= 11 is 0. The van der Waals surface area contributed by atoms with Crippen molar-refractivity contribution in [3.63, 3.8) is 0 Å². The van der Waals surface area contributed by atoms with Crippen LogP contribution < -0.4 is 9.62 Å². The molecule has 0 bridgehead atoms. The second kappa shape index (κ2) is 6.76. The number of nitrogens with zero attached hydrogens (tertiary/aromatic N) is 1.